The molecule has 2 aromatic carbocycles. The van der Waals surface area contributed by atoms with Crippen LogP contribution in [0.5, 0.6) is 0 Å². The van der Waals surface area contributed by atoms with Crippen LogP contribution in [0.2, 0.25) is 0 Å². The molecule has 0 bridgehead atoms. The number of benzene rings is 2. The van der Waals surface area contributed by atoms with Gasteiger partial charge in [0.05, 0.1) is 17.1 Å². The lowest BCUT2D eigenvalue weighted by molar-refractivity contribution is -0.383. The number of para-hydroxylation sites is 1. The Kier molecular flexibility index (Phi) is 5.64. The number of carbonyl (C=O) groups excluding carboxylic acids is 1. The van der Waals surface area contributed by atoms with Gasteiger partial charge in [-0.1, -0.05) is 18.2 Å². The van der Waals surface area contributed by atoms with E-state index in [1.807, 2.05) is 6.07 Å². The van der Waals surface area contributed by atoms with Crippen LogP contribution >= 0.6 is 0 Å². The predicted molar refractivity (Wildman–Crippen MR) is 90.0 cm³/mol. The number of carbonyl (C=O) groups is 1. The Labute approximate surface area is 143 Å². The van der Waals surface area contributed by atoms with Crippen molar-refractivity contribution in [2.45, 2.75) is 0 Å². The van der Waals surface area contributed by atoms with Crippen molar-refractivity contribution >= 4 is 23.0 Å². The molecule has 0 aliphatic carbocycles. The molecule has 0 saturated heterocycles. The average molecular weight is 335 g/mol. The normalized spacial score (nSPS) is 9.52. The molecule has 0 saturated carbocycles. The summed E-state index contributed by atoms with van der Waals surface area (Å²) in [6, 6.07) is 16.5. The summed E-state index contributed by atoms with van der Waals surface area (Å²) in [6.45, 7) is -0.547. The molecular weight excluding hydrogens is 322 g/mol. The summed E-state index contributed by atoms with van der Waals surface area (Å²) in [5.41, 5.74) is 0.666. The molecule has 0 atom stereocenters. The number of hydrogen-bond donors (Lipinski definition) is 1. The summed E-state index contributed by atoms with van der Waals surface area (Å²) < 4.78 is 0. The van der Waals surface area contributed by atoms with E-state index in [9.17, 15) is 14.9 Å². The molecule has 0 unspecified atom stereocenters. The second kappa shape index (κ2) is 8.09. The molecule has 1 amide bonds. The van der Waals surface area contributed by atoms with Crippen molar-refractivity contribution in [1.29, 1.82) is 10.5 Å². The van der Waals surface area contributed by atoms with Gasteiger partial charge in [-0.25, -0.2) is 0 Å². The van der Waals surface area contributed by atoms with Gasteiger partial charge in [0.15, 0.2) is 0 Å². The van der Waals surface area contributed by atoms with Crippen LogP contribution in [0.3, 0.4) is 0 Å². The SMILES string of the molecule is N#CCN(CC#N)C(=O)c1ccc(Nc2ccccc2)c([N+](=O)[O-])c1. The highest BCUT2D eigenvalue weighted by molar-refractivity contribution is 5.96. The van der Waals surface area contributed by atoms with Crippen LogP contribution in [-0.4, -0.2) is 28.8 Å². The van der Waals surface area contributed by atoms with Crippen LogP contribution in [0.4, 0.5) is 17.1 Å². The molecule has 0 radical (unpaired) electrons. The summed E-state index contributed by atoms with van der Waals surface area (Å²) in [5, 5.41) is 31.7. The highest BCUT2D eigenvalue weighted by atomic mass is 16.6. The maximum Gasteiger partial charge on any atom is 0.293 e. The smallest absolute Gasteiger partial charge is 0.293 e. The number of anilines is 2. The molecule has 2 rings (SSSR count). The fourth-order valence-electron chi connectivity index (χ4n) is 2.15. The van der Waals surface area contributed by atoms with Crippen LogP contribution < -0.4 is 5.32 Å². The molecule has 8 nitrogen and oxygen atoms in total. The Hall–Kier alpha value is -3.91. The second-order valence-electron chi connectivity index (χ2n) is 4.96. The zero-order chi connectivity index (χ0) is 18.2. The van der Waals surface area contributed by atoms with Gasteiger partial charge >= 0.3 is 0 Å². The van der Waals surface area contributed by atoms with Crippen molar-refractivity contribution in [3.8, 4) is 12.1 Å². The number of rotatable bonds is 6. The number of nitriles is 2. The largest absolute Gasteiger partial charge is 0.350 e. The maximum absolute atomic E-state index is 12.3. The first-order chi connectivity index (χ1) is 12.1. The molecule has 25 heavy (non-hydrogen) atoms. The van der Waals surface area contributed by atoms with Gasteiger partial charge in [0.25, 0.3) is 11.6 Å². The highest BCUT2D eigenvalue weighted by Crippen LogP contribution is 2.29. The molecule has 1 N–H and O–H groups in total. The second-order valence-corrected chi connectivity index (χ2v) is 4.96. The molecule has 0 fully saturated rings. The minimum Gasteiger partial charge on any atom is -0.350 e. The van der Waals surface area contributed by atoms with Crippen molar-refractivity contribution in [2.24, 2.45) is 0 Å². The average Bonchev–Trinajstić information content (AvgIpc) is 2.62. The maximum atomic E-state index is 12.3. The summed E-state index contributed by atoms with van der Waals surface area (Å²) >= 11 is 0. The van der Waals surface area contributed by atoms with Gasteiger partial charge in [0.2, 0.25) is 0 Å². The molecule has 8 heteroatoms. The minimum atomic E-state index is -0.613. The molecule has 0 aliphatic heterocycles. The van der Waals surface area contributed by atoms with E-state index in [1.54, 1.807) is 36.4 Å². The molecule has 0 aliphatic rings. The lowest BCUT2D eigenvalue weighted by atomic mass is 10.1. The van der Waals surface area contributed by atoms with Crippen LogP contribution in [0.1, 0.15) is 10.4 Å². The van der Waals surface area contributed by atoms with E-state index in [-0.39, 0.29) is 30.0 Å². The van der Waals surface area contributed by atoms with E-state index in [0.29, 0.717) is 5.69 Å². The number of nitrogens with one attached hydrogen (secondary N) is 1. The van der Waals surface area contributed by atoms with Crippen LogP contribution in [0.25, 0.3) is 0 Å². The van der Waals surface area contributed by atoms with Gasteiger partial charge < -0.3 is 10.2 Å². The van der Waals surface area contributed by atoms with E-state index in [0.717, 1.165) is 11.0 Å². The molecule has 124 valence electrons. The molecule has 2 aromatic rings. The standard InChI is InChI=1S/C17H13N5O3/c18-8-10-21(11-9-19)17(23)13-6-7-15(16(12-13)22(24)25)20-14-4-2-1-3-5-14/h1-7,12,20H,10-11H2. The number of amides is 1. The van der Waals surface area contributed by atoms with E-state index in [4.69, 9.17) is 10.5 Å². The Morgan fingerprint density at radius 2 is 1.76 bits per heavy atom. The van der Waals surface area contributed by atoms with Gasteiger partial charge in [-0.15, -0.1) is 0 Å². The number of nitrogens with zero attached hydrogens (tertiary/aromatic N) is 4. The Bertz CT molecular complexity index is 852. The van der Waals surface area contributed by atoms with Crippen molar-refractivity contribution in [3.05, 3.63) is 64.2 Å². The quantitative estimate of drug-likeness (QED) is 0.492. The Balaban J connectivity index is 2.35. The topological polar surface area (TPSA) is 123 Å². The van der Waals surface area contributed by atoms with E-state index in [2.05, 4.69) is 5.32 Å². The zero-order valence-corrected chi connectivity index (χ0v) is 13.0. The van der Waals surface area contributed by atoms with Gasteiger partial charge in [-0.05, 0) is 24.3 Å². The monoisotopic (exact) mass is 335 g/mol. The third kappa shape index (κ3) is 4.30. The van der Waals surface area contributed by atoms with E-state index < -0.39 is 10.8 Å². The van der Waals surface area contributed by atoms with Crippen molar-refractivity contribution in [2.75, 3.05) is 18.4 Å². The van der Waals surface area contributed by atoms with Gasteiger partial charge in [-0.2, -0.15) is 10.5 Å². The Morgan fingerprint density at radius 1 is 1.12 bits per heavy atom. The van der Waals surface area contributed by atoms with Crippen LogP contribution in [0, 0.1) is 32.8 Å². The van der Waals surface area contributed by atoms with Crippen LogP contribution in [0.15, 0.2) is 48.5 Å². The minimum absolute atomic E-state index is 0.0378. The van der Waals surface area contributed by atoms with Crippen LogP contribution in [-0.2, 0) is 0 Å². The summed E-state index contributed by atoms with van der Waals surface area (Å²) in [4.78, 5) is 24.1. The lowest BCUT2D eigenvalue weighted by Gasteiger charge is -2.16. The van der Waals surface area contributed by atoms with Crippen molar-refractivity contribution in [1.82, 2.24) is 4.90 Å². The van der Waals surface area contributed by atoms with Gasteiger partial charge in [0.1, 0.15) is 18.8 Å². The zero-order valence-electron chi connectivity index (χ0n) is 13.0. The fourth-order valence-corrected chi connectivity index (χ4v) is 2.15. The summed E-state index contributed by atoms with van der Waals surface area (Å²) in [7, 11) is 0. The highest BCUT2D eigenvalue weighted by Gasteiger charge is 2.21. The summed E-state index contributed by atoms with van der Waals surface area (Å²) in [5.74, 6) is -0.613. The number of nitro groups is 1. The first kappa shape index (κ1) is 17.4. The third-order valence-electron chi connectivity index (χ3n) is 3.30. The van der Waals surface area contributed by atoms with Crippen molar-refractivity contribution < 1.29 is 9.72 Å². The molecular formula is C17H13N5O3. The van der Waals surface area contributed by atoms with E-state index in [1.165, 1.54) is 12.1 Å². The summed E-state index contributed by atoms with van der Waals surface area (Å²) in [6.07, 6.45) is 0. The molecule has 0 heterocycles. The van der Waals surface area contributed by atoms with Gasteiger partial charge in [-0.3, -0.25) is 14.9 Å². The first-order valence-electron chi connectivity index (χ1n) is 7.20. The molecule has 0 spiro atoms. The molecule has 0 aromatic heterocycles. The number of nitro benzene ring substituents is 1. The lowest BCUT2D eigenvalue weighted by Crippen LogP contribution is -2.31. The number of hydrogen-bond acceptors (Lipinski definition) is 6. The predicted octanol–water partition coefficient (Wildman–Crippen LogP) is 2.83. The third-order valence-corrected chi connectivity index (χ3v) is 3.30. The van der Waals surface area contributed by atoms with Gasteiger partial charge in [0, 0.05) is 17.3 Å². The van der Waals surface area contributed by atoms with E-state index >= 15 is 0 Å². The first-order valence-corrected chi connectivity index (χ1v) is 7.20. The fraction of sp³-hybridized carbons (Fsp3) is 0.118. The Morgan fingerprint density at radius 3 is 2.32 bits per heavy atom. The van der Waals surface area contributed by atoms with Crippen molar-refractivity contribution in [3.63, 3.8) is 0 Å².